The van der Waals surface area contributed by atoms with Crippen LogP contribution in [-0.2, 0) is 4.79 Å². The van der Waals surface area contributed by atoms with Crippen molar-refractivity contribution in [1.82, 2.24) is 5.32 Å². The molecule has 0 saturated carbocycles. The maximum absolute atomic E-state index is 12.3. The zero-order chi connectivity index (χ0) is 20.1. The number of ether oxygens (including phenoxy) is 2. The molecule has 2 aromatic carbocycles. The van der Waals surface area contributed by atoms with Crippen molar-refractivity contribution in [3.63, 3.8) is 0 Å². The van der Waals surface area contributed by atoms with E-state index in [2.05, 4.69) is 10.3 Å². The van der Waals surface area contributed by atoms with Gasteiger partial charge in [0.25, 0.3) is 5.91 Å². The highest BCUT2D eigenvalue weighted by Gasteiger charge is 2.24. The monoisotopic (exact) mass is 416 g/mol. The van der Waals surface area contributed by atoms with Crippen LogP contribution in [0.3, 0.4) is 0 Å². The number of carbonyl (C=O) groups is 1. The lowest BCUT2D eigenvalue weighted by Crippen LogP contribution is -2.19. The van der Waals surface area contributed by atoms with E-state index in [1.807, 2.05) is 51.1 Å². The van der Waals surface area contributed by atoms with Gasteiger partial charge in [-0.05, 0) is 80.6 Å². The van der Waals surface area contributed by atoms with E-state index in [0.717, 1.165) is 17.0 Å². The highest BCUT2D eigenvalue weighted by Crippen LogP contribution is 2.31. The second kappa shape index (κ2) is 9.17. The van der Waals surface area contributed by atoms with E-state index in [9.17, 15) is 4.79 Å². The van der Waals surface area contributed by atoms with E-state index in [0.29, 0.717) is 27.5 Å². The van der Waals surface area contributed by atoms with Gasteiger partial charge in [0.05, 0.1) is 28.3 Å². The van der Waals surface area contributed by atoms with Crippen LogP contribution in [0.5, 0.6) is 11.5 Å². The van der Waals surface area contributed by atoms with Crippen molar-refractivity contribution in [2.75, 3.05) is 6.61 Å². The zero-order valence-electron chi connectivity index (χ0n) is 15.9. The second-order valence-corrected chi connectivity index (χ2v) is 7.70. The summed E-state index contributed by atoms with van der Waals surface area (Å²) in [5.41, 5.74) is 1.56. The van der Waals surface area contributed by atoms with Gasteiger partial charge in [-0.2, -0.15) is 0 Å². The first-order chi connectivity index (χ1) is 13.4. The third-order valence-corrected chi connectivity index (χ3v) is 4.85. The molecular weight excluding hydrogens is 396 g/mol. The predicted octanol–water partition coefficient (Wildman–Crippen LogP) is 5.42. The molecule has 5 nitrogen and oxygen atoms in total. The molecule has 146 valence electrons. The lowest BCUT2D eigenvalue weighted by Gasteiger charge is -2.11. The number of aliphatic imine (C=N–C) groups is 1. The van der Waals surface area contributed by atoms with E-state index in [1.54, 1.807) is 18.2 Å². The molecular formula is C21H21ClN2O3S. The SMILES string of the molecule is CCOc1ccc(N=C2NC(=O)/C(=C\c3ccc(OC(C)C)c(Cl)c3)S2)cc1. The number of amides is 1. The van der Waals surface area contributed by atoms with Gasteiger partial charge < -0.3 is 14.8 Å². The number of nitrogens with one attached hydrogen (secondary N) is 1. The number of thioether (sulfide) groups is 1. The molecule has 0 aromatic heterocycles. The molecule has 1 fully saturated rings. The van der Waals surface area contributed by atoms with Crippen LogP contribution < -0.4 is 14.8 Å². The summed E-state index contributed by atoms with van der Waals surface area (Å²) >= 11 is 7.56. The fourth-order valence-corrected chi connectivity index (χ4v) is 3.56. The van der Waals surface area contributed by atoms with E-state index >= 15 is 0 Å². The second-order valence-electron chi connectivity index (χ2n) is 6.27. The van der Waals surface area contributed by atoms with E-state index in [-0.39, 0.29) is 12.0 Å². The third kappa shape index (κ3) is 5.30. The molecule has 1 aliphatic heterocycles. The normalized spacial score (nSPS) is 16.7. The summed E-state index contributed by atoms with van der Waals surface area (Å²) < 4.78 is 11.1. The highest BCUT2D eigenvalue weighted by atomic mass is 35.5. The Hall–Kier alpha value is -2.44. The van der Waals surface area contributed by atoms with Gasteiger partial charge in [-0.25, -0.2) is 4.99 Å². The minimum absolute atomic E-state index is 0.0410. The van der Waals surface area contributed by atoms with Crippen LogP contribution in [0.15, 0.2) is 52.4 Å². The summed E-state index contributed by atoms with van der Waals surface area (Å²) in [6.45, 7) is 6.43. The summed E-state index contributed by atoms with van der Waals surface area (Å²) in [7, 11) is 0. The fraction of sp³-hybridized carbons (Fsp3) is 0.238. The van der Waals surface area contributed by atoms with Crippen molar-refractivity contribution in [3.05, 3.63) is 58.0 Å². The molecule has 1 N–H and O–H groups in total. The average Bonchev–Trinajstić information content (AvgIpc) is 2.98. The Kier molecular flexibility index (Phi) is 6.65. The molecule has 0 unspecified atom stereocenters. The van der Waals surface area contributed by atoms with Gasteiger partial charge in [0.15, 0.2) is 5.17 Å². The van der Waals surface area contributed by atoms with Crippen molar-refractivity contribution in [2.45, 2.75) is 26.9 Å². The number of nitrogens with zero attached hydrogens (tertiary/aromatic N) is 1. The Balaban J connectivity index is 1.74. The number of hydrogen-bond acceptors (Lipinski definition) is 5. The average molecular weight is 417 g/mol. The molecule has 0 radical (unpaired) electrons. The largest absolute Gasteiger partial charge is 0.494 e. The molecule has 28 heavy (non-hydrogen) atoms. The van der Waals surface area contributed by atoms with Crippen LogP contribution in [0.2, 0.25) is 5.02 Å². The molecule has 7 heteroatoms. The molecule has 0 aliphatic carbocycles. The summed E-state index contributed by atoms with van der Waals surface area (Å²) in [4.78, 5) is 17.3. The van der Waals surface area contributed by atoms with Gasteiger partial charge in [-0.3, -0.25) is 4.79 Å². The number of benzene rings is 2. The topological polar surface area (TPSA) is 59.9 Å². The minimum Gasteiger partial charge on any atom is -0.494 e. The summed E-state index contributed by atoms with van der Waals surface area (Å²) in [6.07, 6.45) is 1.82. The summed E-state index contributed by atoms with van der Waals surface area (Å²) in [6, 6.07) is 12.8. The Bertz CT molecular complexity index is 924. The number of halogens is 1. The van der Waals surface area contributed by atoms with Crippen LogP contribution >= 0.6 is 23.4 Å². The zero-order valence-corrected chi connectivity index (χ0v) is 17.4. The van der Waals surface area contributed by atoms with Crippen molar-refractivity contribution in [3.8, 4) is 11.5 Å². The van der Waals surface area contributed by atoms with Crippen LogP contribution in [0.1, 0.15) is 26.3 Å². The fourth-order valence-electron chi connectivity index (χ4n) is 2.49. The Morgan fingerprint density at radius 2 is 1.96 bits per heavy atom. The van der Waals surface area contributed by atoms with Gasteiger partial charge in [-0.15, -0.1) is 0 Å². The summed E-state index contributed by atoms with van der Waals surface area (Å²) in [5, 5.41) is 3.82. The lowest BCUT2D eigenvalue weighted by molar-refractivity contribution is -0.115. The summed E-state index contributed by atoms with van der Waals surface area (Å²) in [5.74, 6) is 1.23. The molecule has 1 aliphatic rings. The van der Waals surface area contributed by atoms with Gasteiger partial charge in [0.2, 0.25) is 0 Å². The standard InChI is InChI=1S/C21H21ClN2O3S/c1-4-26-16-8-6-15(7-9-16)23-21-24-20(25)19(28-21)12-14-5-10-18(17(22)11-14)27-13(2)3/h5-13H,4H2,1-3H3,(H,23,24,25)/b19-12+. The molecule has 0 spiro atoms. The third-order valence-electron chi connectivity index (χ3n) is 3.65. The lowest BCUT2D eigenvalue weighted by atomic mass is 10.2. The van der Waals surface area contributed by atoms with Crippen LogP contribution in [0, 0.1) is 0 Å². The first-order valence-electron chi connectivity index (χ1n) is 8.93. The Morgan fingerprint density at radius 3 is 2.61 bits per heavy atom. The highest BCUT2D eigenvalue weighted by molar-refractivity contribution is 8.18. The molecule has 0 bridgehead atoms. The van der Waals surface area contributed by atoms with Crippen molar-refractivity contribution >= 4 is 46.2 Å². The number of amidine groups is 1. The quantitative estimate of drug-likeness (QED) is 0.639. The van der Waals surface area contributed by atoms with Gasteiger partial charge in [-0.1, -0.05) is 17.7 Å². The molecule has 0 atom stereocenters. The molecule has 1 amide bonds. The van der Waals surface area contributed by atoms with Crippen LogP contribution in [0.25, 0.3) is 6.08 Å². The molecule has 1 saturated heterocycles. The van der Waals surface area contributed by atoms with Crippen LogP contribution in [0.4, 0.5) is 5.69 Å². The van der Waals surface area contributed by atoms with Gasteiger partial charge in [0.1, 0.15) is 11.5 Å². The van der Waals surface area contributed by atoms with Crippen molar-refractivity contribution in [1.29, 1.82) is 0 Å². The molecule has 1 heterocycles. The van der Waals surface area contributed by atoms with Gasteiger partial charge in [0, 0.05) is 0 Å². The van der Waals surface area contributed by atoms with Crippen molar-refractivity contribution in [2.24, 2.45) is 4.99 Å². The Labute approximate surface area is 173 Å². The number of rotatable bonds is 6. The maximum atomic E-state index is 12.3. The number of hydrogen-bond donors (Lipinski definition) is 1. The van der Waals surface area contributed by atoms with E-state index in [4.69, 9.17) is 21.1 Å². The first kappa shape index (κ1) is 20.3. The van der Waals surface area contributed by atoms with E-state index in [1.165, 1.54) is 11.8 Å². The predicted molar refractivity (Wildman–Crippen MR) is 116 cm³/mol. The smallest absolute Gasteiger partial charge is 0.264 e. The maximum Gasteiger partial charge on any atom is 0.264 e. The molecule has 2 aromatic rings. The van der Waals surface area contributed by atoms with Crippen molar-refractivity contribution < 1.29 is 14.3 Å². The molecule has 3 rings (SSSR count). The van der Waals surface area contributed by atoms with E-state index < -0.39 is 0 Å². The van der Waals surface area contributed by atoms with Crippen LogP contribution in [-0.4, -0.2) is 23.8 Å². The first-order valence-corrected chi connectivity index (χ1v) is 10.1. The number of carbonyl (C=O) groups excluding carboxylic acids is 1. The minimum atomic E-state index is -0.187. The Morgan fingerprint density at radius 1 is 1.21 bits per heavy atom. The van der Waals surface area contributed by atoms with Gasteiger partial charge >= 0.3 is 0 Å².